The summed E-state index contributed by atoms with van der Waals surface area (Å²) in [5.74, 6) is 1.83. The first-order valence-electron chi connectivity index (χ1n) is 17.9. The van der Waals surface area contributed by atoms with Crippen molar-refractivity contribution in [2.24, 2.45) is 0 Å². The van der Waals surface area contributed by atoms with Gasteiger partial charge < -0.3 is 47.4 Å². The lowest BCUT2D eigenvalue weighted by Gasteiger charge is -2.22. The highest BCUT2D eigenvalue weighted by Gasteiger charge is 2.49. The Kier molecular flexibility index (Phi) is 12.8. The molecule has 56 heavy (non-hydrogen) atoms. The topological polar surface area (TPSA) is 145 Å². The molecule has 0 bridgehead atoms. The summed E-state index contributed by atoms with van der Waals surface area (Å²) in [6, 6.07) is 14.7. The Morgan fingerprint density at radius 2 is 1.09 bits per heavy atom. The van der Waals surface area contributed by atoms with Crippen molar-refractivity contribution in [3.63, 3.8) is 0 Å². The van der Waals surface area contributed by atoms with Gasteiger partial charge in [0.2, 0.25) is 16.5 Å². The highest BCUT2D eigenvalue weighted by molar-refractivity contribution is 7.71. The molecular formula is C38H42F2N4O11S. The standard InChI is InChI=1S/C19H21FN2O6.C19H21FN2O5S/c1-11-4-3-5-12(2)16(11)28-14-6-7-22(19(23)21-14)18-15(20)17-13(27-18)8-24-9-25-10-26-17;1-11-4-3-5-12(2)16(11)27-14-6-7-22(19(28)21-14)18-15(20)17-13(26-18)8-23-9-24-10-25-17/h2*3-7,13,15,17-18H,8-10H2,1-2H3/t2*13-,15+,17?,18-/m11/s1. The number of ether oxygens (including phenoxy) is 10. The van der Waals surface area contributed by atoms with Gasteiger partial charge in [0.15, 0.2) is 24.8 Å². The van der Waals surface area contributed by atoms with Crippen LogP contribution >= 0.6 is 12.2 Å². The van der Waals surface area contributed by atoms with Crippen molar-refractivity contribution >= 4 is 12.2 Å². The van der Waals surface area contributed by atoms with Crippen LogP contribution in [0.25, 0.3) is 0 Å². The van der Waals surface area contributed by atoms with E-state index in [0.29, 0.717) is 11.6 Å². The fourth-order valence-electron chi connectivity index (χ4n) is 6.69. The molecule has 2 aromatic heterocycles. The van der Waals surface area contributed by atoms with E-state index >= 15 is 0 Å². The number of fused-ring (bicyclic) bond motifs is 2. The Labute approximate surface area is 325 Å². The summed E-state index contributed by atoms with van der Waals surface area (Å²) < 4.78 is 87.2. The third kappa shape index (κ3) is 8.83. The van der Waals surface area contributed by atoms with Gasteiger partial charge in [0.25, 0.3) is 0 Å². The summed E-state index contributed by atoms with van der Waals surface area (Å²) >= 11 is 5.36. The zero-order chi connectivity index (χ0) is 39.3. The molecular weight excluding hydrogens is 758 g/mol. The molecule has 18 heteroatoms. The van der Waals surface area contributed by atoms with E-state index < -0.39 is 54.9 Å². The lowest BCUT2D eigenvalue weighted by Crippen LogP contribution is -2.38. The zero-order valence-corrected chi connectivity index (χ0v) is 31.9. The quantitative estimate of drug-likeness (QED) is 0.215. The summed E-state index contributed by atoms with van der Waals surface area (Å²) in [6.07, 6.45) is -4.96. The zero-order valence-electron chi connectivity index (χ0n) is 31.1. The molecule has 0 spiro atoms. The largest absolute Gasteiger partial charge is 0.438 e. The smallest absolute Gasteiger partial charge is 0.353 e. The first-order chi connectivity index (χ1) is 27.1. The SMILES string of the molecule is Cc1cccc(C)c1Oc1ccn([C@@H]2O[C@@H]3COCOCOC3[C@@H]2F)c(=O)n1.Cc1cccc(C)c1Oc1ccn([C@@H]2O[C@@H]3COCOCOC3[C@@H]2F)c(=S)n1. The van der Waals surface area contributed by atoms with Crippen molar-refractivity contribution in [3.05, 3.63) is 98.4 Å². The van der Waals surface area contributed by atoms with Crippen LogP contribution in [0, 0.1) is 32.5 Å². The van der Waals surface area contributed by atoms with E-state index in [2.05, 4.69) is 9.97 Å². The van der Waals surface area contributed by atoms with Gasteiger partial charge in [-0.3, -0.25) is 9.13 Å². The molecule has 4 aliphatic rings. The number of nitrogens with zero attached hydrogens (tertiary/aromatic N) is 4. The minimum atomic E-state index is -1.57. The molecule has 8 atom stereocenters. The van der Waals surface area contributed by atoms with Crippen LogP contribution in [0.15, 0.2) is 65.7 Å². The van der Waals surface area contributed by atoms with Crippen molar-refractivity contribution in [1.82, 2.24) is 19.1 Å². The van der Waals surface area contributed by atoms with Gasteiger partial charge in [-0.15, -0.1) is 0 Å². The Morgan fingerprint density at radius 3 is 1.55 bits per heavy atom. The van der Waals surface area contributed by atoms with Gasteiger partial charge in [0.05, 0.1) is 13.2 Å². The summed E-state index contributed by atoms with van der Waals surface area (Å²) in [5, 5.41) is 0. The molecule has 6 heterocycles. The number of aryl methyl sites for hydroxylation is 4. The van der Waals surface area contributed by atoms with Gasteiger partial charge in [-0.25, -0.2) is 13.6 Å². The molecule has 4 aromatic rings. The summed E-state index contributed by atoms with van der Waals surface area (Å²) in [7, 11) is 0. The normalized spacial score (nSPS) is 27.7. The Bertz CT molecular complexity index is 1920. The average Bonchev–Trinajstić information content (AvgIpc) is 3.61. The molecule has 0 saturated carbocycles. The molecule has 0 aliphatic carbocycles. The second-order valence-corrected chi connectivity index (χ2v) is 13.8. The predicted molar refractivity (Wildman–Crippen MR) is 194 cm³/mol. The van der Waals surface area contributed by atoms with Crippen LogP contribution in [-0.4, -0.2) is 96.2 Å². The summed E-state index contributed by atoms with van der Waals surface area (Å²) in [5.41, 5.74) is 3.14. The van der Waals surface area contributed by atoms with E-state index in [0.717, 1.165) is 32.6 Å². The maximum absolute atomic E-state index is 15.0. The van der Waals surface area contributed by atoms with E-state index in [1.165, 1.54) is 16.8 Å². The van der Waals surface area contributed by atoms with Gasteiger partial charge in [-0.2, -0.15) is 9.97 Å². The molecule has 8 rings (SSSR count). The van der Waals surface area contributed by atoms with Gasteiger partial charge in [-0.1, -0.05) is 36.4 Å². The summed E-state index contributed by atoms with van der Waals surface area (Å²) in [6.45, 7) is 7.98. The maximum atomic E-state index is 15.0. The lowest BCUT2D eigenvalue weighted by molar-refractivity contribution is -0.203. The molecule has 4 saturated heterocycles. The minimum absolute atomic E-state index is 0.0417. The molecule has 15 nitrogen and oxygen atoms in total. The molecule has 4 fully saturated rings. The molecule has 0 N–H and O–H groups in total. The van der Waals surface area contributed by atoms with Gasteiger partial charge in [-0.05, 0) is 62.2 Å². The predicted octanol–water partition coefficient (Wildman–Crippen LogP) is 5.84. The summed E-state index contributed by atoms with van der Waals surface area (Å²) in [4.78, 5) is 20.7. The van der Waals surface area contributed by atoms with Crippen molar-refractivity contribution in [3.8, 4) is 23.3 Å². The van der Waals surface area contributed by atoms with Crippen LogP contribution in [0.4, 0.5) is 8.78 Å². The van der Waals surface area contributed by atoms with Crippen LogP contribution < -0.4 is 15.2 Å². The molecule has 2 unspecified atom stereocenters. The molecule has 300 valence electrons. The van der Waals surface area contributed by atoms with Crippen LogP contribution in [-0.2, 0) is 37.9 Å². The van der Waals surface area contributed by atoms with E-state index in [9.17, 15) is 13.6 Å². The second-order valence-electron chi connectivity index (χ2n) is 13.5. The van der Waals surface area contributed by atoms with Gasteiger partial charge in [0.1, 0.15) is 63.1 Å². The molecule has 0 amide bonds. The lowest BCUT2D eigenvalue weighted by atomic mass is 10.1. The fourth-order valence-corrected chi connectivity index (χ4v) is 6.95. The Morgan fingerprint density at radius 1 is 0.643 bits per heavy atom. The molecule has 2 aromatic carbocycles. The monoisotopic (exact) mass is 800 g/mol. The highest BCUT2D eigenvalue weighted by atomic mass is 32.1. The van der Waals surface area contributed by atoms with E-state index in [1.54, 1.807) is 12.3 Å². The van der Waals surface area contributed by atoms with Crippen LogP contribution in [0.2, 0.25) is 0 Å². The molecule has 0 radical (unpaired) electrons. The fraction of sp³-hybridized carbons (Fsp3) is 0.474. The van der Waals surface area contributed by atoms with E-state index in [4.69, 9.17) is 59.6 Å². The molecule has 4 aliphatic heterocycles. The number of halogens is 2. The number of benzene rings is 2. The van der Waals surface area contributed by atoms with Crippen LogP contribution in [0.3, 0.4) is 0 Å². The van der Waals surface area contributed by atoms with Crippen LogP contribution in [0.5, 0.6) is 23.3 Å². The number of alkyl halides is 2. The van der Waals surface area contributed by atoms with Crippen molar-refractivity contribution in [2.75, 3.05) is 40.4 Å². The first kappa shape index (κ1) is 40.0. The number of hydrogen-bond acceptors (Lipinski definition) is 14. The van der Waals surface area contributed by atoms with E-state index in [1.807, 2.05) is 64.1 Å². The average molecular weight is 801 g/mol. The number of aromatic nitrogens is 4. The van der Waals surface area contributed by atoms with Gasteiger partial charge >= 0.3 is 5.69 Å². The maximum Gasteiger partial charge on any atom is 0.353 e. The van der Waals surface area contributed by atoms with Crippen molar-refractivity contribution in [2.45, 2.75) is 76.9 Å². The Balaban J connectivity index is 0.000000172. The van der Waals surface area contributed by atoms with Gasteiger partial charge in [0, 0.05) is 24.5 Å². The number of rotatable bonds is 6. The first-order valence-corrected chi connectivity index (χ1v) is 18.3. The number of para-hydroxylation sites is 2. The second kappa shape index (κ2) is 17.9. The third-order valence-electron chi connectivity index (χ3n) is 9.51. The van der Waals surface area contributed by atoms with E-state index in [-0.39, 0.29) is 51.0 Å². The number of hydrogen-bond donors (Lipinski definition) is 0. The van der Waals surface area contributed by atoms with Crippen molar-refractivity contribution in [1.29, 1.82) is 0 Å². The third-order valence-corrected chi connectivity index (χ3v) is 9.81. The highest BCUT2D eigenvalue weighted by Crippen LogP contribution is 2.37. The Hall–Kier alpha value is -4.24. The van der Waals surface area contributed by atoms with Crippen LogP contribution in [0.1, 0.15) is 34.7 Å². The minimum Gasteiger partial charge on any atom is -0.438 e. The van der Waals surface area contributed by atoms with Crippen molar-refractivity contribution < 1.29 is 56.1 Å².